The molecule has 5 unspecified atom stereocenters. The van der Waals surface area contributed by atoms with Gasteiger partial charge in [0, 0.05) is 6.04 Å². The number of hydrogen-bond donors (Lipinski definition) is 4. The van der Waals surface area contributed by atoms with Crippen LogP contribution in [0.1, 0.15) is 125 Å². The van der Waals surface area contributed by atoms with Gasteiger partial charge >= 0.3 is 10.4 Å². The molecule has 0 aliphatic heterocycles. The van der Waals surface area contributed by atoms with Crippen LogP contribution in [0.4, 0.5) is 0 Å². The monoisotopic (exact) mass is 612 g/mol. The van der Waals surface area contributed by atoms with Gasteiger partial charge in [-0.2, -0.15) is 8.42 Å². The zero-order valence-corrected chi connectivity index (χ0v) is 28.4. The topological polar surface area (TPSA) is 108 Å². The summed E-state index contributed by atoms with van der Waals surface area (Å²) in [6, 6.07) is 0.590. The van der Waals surface area contributed by atoms with E-state index in [2.05, 4.69) is 38.3 Å². The van der Waals surface area contributed by atoms with Crippen molar-refractivity contribution < 1.29 is 22.3 Å². The number of nitrogens with one attached hydrogen (secondary N) is 2. The van der Waals surface area contributed by atoms with Crippen LogP contribution in [0.2, 0.25) is 0 Å². The van der Waals surface area contributed by atoms with Crippen LogP contribution in [-0.2, 0) is 14.6 Å². The molecule has 0 amide bonds. The number of unbranched alkanes of at least 4 members (excludes halogenated alkanes) is 1. The minimum atomic E-state index is -4.45. The van der Waals surface area contributed by atoms with Gasteiger partial charge in [-0.05, 0) is 149 Å². The van der Waals surface area contributed by atoms with E-state index in [4.69, 9.17) is 4.18 Å². The lowest BCUT2D eigenvalue weighted by molar-refractivity contribution is -0.167. The van der Waals surface area contributed by atoms with Gasteiger partial charge in [0.15, 0.2) is 0 Å². The van der Waals surface area contributed by atoms with Gasteiger partial charge in [-0.15, -0.1) is 0 Å². The van der Waals surface area contributed by atoms with Crippen molar-refractivity contribution in [2.45, 2.75) is 143 Å². The fourth-order valence-corrected chi connectivity index (χ4v) is 11.2. The third kappa shape index (κ3) is 7.75. The molecule has 4 aliphatic rings. The number of rotatable bonds is 15. The van der Waals surface area contributed by atoms with E-state index in [1.165, 1.54) is 64.2 Å². The van der Waals surface area contributed by atoms with Gasteiger partial charge in [-0.1, -0.05) is 48.0 Å². The van der Waals surface area contributed by atoms with Crippen LogP contribution in [0.15, 0.2) is 0 Å². The summed E-state index contributed by atoms with van der Waals surface area (Å²) in [5, 5.41) is 19.2. The van der Waals surface area contributed by atoms with Gasteiger partial charge < -0.3 is 15.7 Å². The number of aliphatic hydroxyl groups excluding tert-OH is 1. The van der Waals surface area contributed by atoms with E-state index in [-0.39, 0.29) is 17.4 Å². The van der Waals surface area contributed by atoms with Crippen molar-refractivity contribution in [2.24, 2.45) is 52.3 Å². The summed E-state index contributed by atoms with van der Waals surface area (Å²) >= 11 is 0. The molecule has 4 N–H and O–H groups in total. The Balaban J connectivity index is 1.34. The fraction of sp³-hybridized carbons (Fsp3) is 1.00. The molecule has 4 aliphatic carbocycles. The minimum Gasteiger partial charge on any atom is -0.393 e. The molecule has 4 saturated carbocycles. The first-order valence-electron chi connectivity index (χ1n) is 17.6. The van der Waals surface area contributed by atoms with Crippen molar-refractivity contribution in [3.8, 4) is 0 Å². The Hall–Kier alpha value is -0.250. The minimum absolute atomic E-state index is 0.0189. The Morgan fingerprint density at radius 1 is 0.905 bits per heavy atom. The summed E-state index contributed by atoms with van der Waals surface area (Å²) in [6.45, 7) is 16.9. The second-order valence-electron chi connectivity index (χ2n) is 15.8. The molecule has 0 aromatic heterocycles. The highest BCUT2D eigenvalue weighted by Gasteiger charge is 2.62. The van der Waals surface area contributed by atoms with Crippen molar-refractivity contribution >= 4 is 10.4 Å². The predicted molar refractivity (Wildman–Crippen MR) is 170 cm³/mol. The maximum absolute atomic E-state index is 11.8. The zero-order chi connectivity index (χ0) is 30.7. The second kappa shape index (κ2) is 14.5. The third-order valence-electron chi connectivity index (χ3n) is 13.0. The zero-order valence-electron chi connectivity index (χ0n) is 27.6. The molecule has 0 aromatic carbocycles. The van der Waals surface area contributed by atoms with Gasteiger partial charge in [0.1, 0.15) is 0 Å². The Bertz CT molecular complexity index is 962. The van der Waals surface area contributed by atoms with Crippen LogP contribution in [0.3, 0.4) is 0 Å². The molecule has 11 atom stereocenters. The van der Waals surface area contributed by atoms with Crippen molar-refractivity contribution in [1.82, 2.24) is 10.6 Å². The average molecular weight is 613 g/mol. The summed E-state index contributed by atoms with van der Waals surface area (Å²) in [7, 11) is -4.45. The summed E-state index contributed by atoms with van der Waals surface area (Å²) < 4.78 is 37.1. The summed E-state index contributed by atoms with van der Waals surface area (Å²) in [5.74, 6) is 3.26. The lowest BCUT2D eigenvalue weighted by Gasteiger charge is -2.62. The number of hydrogen-bond acceptors (Lipinski definition) is 6. The van der Waals surface area contributed by atoms with Crippen LogP contribution in [0, 0.1) is 52.3 Å². The molecule has 0 aromatic rings. The molecular weight excluding hydrogens is 548 g/mol. The van der Waals surface area contributed by atoms with Crippen LogP contribution < -0.4 is 10.6 Å². The summed E-state index contributed by atoms with van der Waals surface area (Å²) in [5.41, 5.74) is 0.568. The van der Waals surface area contributed by atoms with Gasteiger partial charge in [-0.3, -0.25) is 4.55 Å². The summed E-state index contributed by atoms with van der Waals surface area (Å²) in [6.07, 6.45) is 14.1. The molecule has 4 fully saturated rings. The fourth-order valence-electron chi connectivity index (χ4n) is 10.6. The number of aliphatic hydroxyl groups is 1. The van der Waals surface area contributed by atoms with E-state index in [0.29, 0.717) is 53.4 Å². The molecule has 0 spiro atoms. The van der Waals surface area contributed by atoms with Crippen molar-refractivity contribution in [1.29, 1.82) is 0 Å². The molecule has 0 saturated heterocycles. The molecule has 8 heteroatoms. The van der Waals surface area contributed by atoms with E-state index in [9.17, 15) is 18.1 Å². The Morgan fingerprint density at radius 2 is 1.60 bits per heavy atom. The SMILES string of the molecule is CCCCNCCCN[C@H]1CC[C@]2(C)C3CC[C@@]4(C)C(CCC4[C@H](C)CC[C@@H](OS(=O)(=O)O)C(C)C)C3C(O)C[C@H]2C1. The van der Waals surface area contributed by atoms with Crippen molar-refractivity contribution in [2.75, 3.05) is 19.6 Å². The lowest BCUT2D eigenvalue weighted by Crippen LogP contribution is -2.59. The van der Waals surface area contributed by atoms with E-state index in [1.807, 2.05) is 13.8 Å². The Morgan fingerprint density at radius 3 is 2.29 bits per heavy atom. The highest BCUT2D eigenvalue weighted by atomic mass is 32.3. The highest BCUT2D eigenvalue weighted by molar-refractivity contribution is 7.80. The van der Waals surface area contributed by atoms with Crippen LogP contribution in [0.25, 0.3) is 0 Å². The van der Waals surface area contributed by atoms with E-state index in [1.54, 1.807) is 0 Å². The van der Waals surface area contributed by atoms with Gasteiger partial charge in [0.2, 0.25) is 0 Å². The van der Waals surface area contributed by atoms with Crippen molar-refractivity contribution in [3.63, 3.8) is 0 Å². The van der Waals surface area contributed by atoms with E-state index < -0.39 is 16.5 Å². The maximum Gasteiger partial charge on any atom is 0.397 e. The van der Waals surface area contributed by atoms with Crippen LogP contribution >= 0.6 is 0 Å². The second-order valence-corrected chi connectivity index (χ2v) is 16.8. The smallest absolute Gasteiger partial charge is 0.393 e. The van der Waals surface area contributed by atoms with Crippen molar-refractivity contribution in [3.05, 3.63) is 0 Å². The summed E-state index contributed by atoms with van der Waals surface area (Å²) in [4.78, 5) is 0. The number of fused-ring (bicyclic) bond motifs is 5. The Labute approximate surface area is 258 Å². The standard InChI is InChI=1S/C34H64N2O5S/c1-7-8-18-35-19-9-20-36-26-14-16-33(5)25(21-26)22-30(37)32-28-12-11-27(34(28,6)17-15-29(32)33)24(4)10-13-31(23(2)3)41-42(38,39)40/h23-32,35-37H,7-22H2,1-6H3,(H,38,39,40)/t24-,25-,26+,27?,28?,29?,30?,31-,32?,33+,34-/m1/s1. The van der Waals surface area contributed by atoms with E-state index in [0.717, 1.165) is 32.5 Å². The van der Waals surface area contributed by atoms with Crippen LogP contribution in [-0.4, -0.2) is 56.0 Å². The van der Waals surface area contributed by atoms with Gasteiger partial charge in [0.25, 0.3) is 0 Å². The van der Waals surface area contributed by atoms with E-state index >= 15 is 0 Å². The first-order valence-corrected chi connectivity index (χ1v) is 18.9. The first-order chi connectivity index (χ1) is 19.8. The average Bonchev–Trinajstić information content (AvgIpc) is 3.27. The molecular formula is C34H64N2O5S. The Kier molecular flexibility index (Phi) is 11.9. The third-order valence-corrected chi connectivity index (χ3v) is 13.5. The molecule has 7 nitrogen and oxygen atoms in total. The highest BCUT2D eigenvalue weighted by Crippen LogP contribution is 2.68. The molecule has 0 bridgehead atoms. The quantitative estimate of drug-likeness (QED) is 0.122. The van der Waals surface area contributed by atoms with Gasteiger partial charge in [0.05, 0.1) is 12.2 Å². The lowest BCUT2D eigenvalue weighted by atomic mass is 9.43. The molecule has 246 valence electrons. The molecule has 42 heavy (non-hydrogen) atoms. The van der Waals surface area contributed by atoms with Crippen LogP contribution in [0.5, 0.6) is 0 Å². The molecule has 0 heterocycles. The largest absolute Gasteiger partial charge is 0.397 e. The normalized spacial score (nSPS) is 39.9. The predicted octanol–water partition coefficient (Wildman–Crippen LogP) is 6.61. The van der Waals surface area contributed by atoms with Gasteiger partial charge in [-0.25, -0.2) is 4.18 Å². The molecule has 0 radical (unpaired) electrons. The molecule has 4 rings (SSSR count). The first kappa shape index (κ1) is 34.6. The maximum atomic E-state index is 11.8.